The molecular weight excluding hydrogens is 345 g/mol. The van der Waals surface area contributed by atoms with E-state index in [1.165, 1.54) is 0 Å². The number of hydrogen-bond donors (Lipinski definition) is 1. The zero-order valence-electron chi connectivity index (χ0n) is 13.4. The van der Waals surface area contributed by atoms with E-state index in [2.05, 4.69) is 5.32 Å². The van der Waals surface area contributed by atoms with E-state index in [1.54, 1.807) is 0 Å². The molecular formula is C19H21Cl2NO2. The molecule has 3 rings (SSSR count). The normalized spacial score (nSPS) is 17.2. The van der Waals surface area contributed by atoms with Crippen molar-refractivity contribution in [3.05, 3.63) is 63.6 Å². The second kappa shape index (κ2) is 8.72. The molecule has 1 atom stereocenters. The fourth-order valence-electron chi connectivity index (χ4n) is 2.74. The highest BCUT2D eigenvalue weighted by Crippen LogP contribution is 2.24. The van der Waals surface area contributed by atoms with E-state index in [0.29, 0.717) is 24.3 Å². The maximum atomic E-state index is 6.13. The molecule has 1 fully saturated rings. The minimum absolute atomic E-state index is 0.322. The minimum Gasteiger partial charge on any atom is -0.489 e. The Morgan fingerprint density at radius 1 is 1.08 bits per heavy atom. The summed E-state index contributed by atoms with van der Waals surface area (Å²) in [5.41, 5.74) is 2.13. The highest BCUT2D eigenvalue weighted by molar-refractivity contribution is 6.30. The van der Waals surface area contributed by atoms with E-state index in [9.17, 15) is 0 Å². The maximum Gasteiger partial charge on any atom is 0.124 e. The van der Waals surface area contributed by atoms with Crippen LogP contribution in [-0.2, 0) is 17.9 Å². The van der Waals surface area contributed by atoms with Gasteiger partial charge in [-0.05, 0) is 48.7 Å². The summed E-state index contributed by atoms with van der Waals surface area (Å²) in [5.74, 6) is 0.842. The van der Waals surface area contributed by atoms with Crippen LogP contribution in [0.25, 0.3) is 0 Å². The number of benzene rings is 2. The summed E-state index contributed by atoms with van der Waals surface area (Å²) >= 11 is 12.0. The number of hydrogen-bond acceptors (Lipinski definition) is 3. The van der Waals surface area contributed by atoms with Crippen molar-refractivity contribution in [2.24, 2.45) is 0 Å². The summed E-state index contributed by atoms with van der Waals surface area (Å²) in [7, 11) is 0. The van der Waals surface area contributed by atoms with Crippen LogP contribution in [0, 0.1) is 0 Å². The Morgan fingerprint density at radius 2 is 1.88 bits per heavy atom. The second-order valence-corrected chi connectivity index (χ2v) is 6.81. The zero-order chi connectivity index (χ0) is 16.8. The lowest BCUT2D eigenvalue weighted by Crippen LogP contribution is -2.26. The van der Waals surface area contributed by atoms with Gasteiger partial charge in [0.1, 0.15) is 12.4 Å². The molecule has 1 N–H and O–H groups in total. The van der Waals surface area contributed by atoms with E-state index in [4.69, 9.17) is 32.7 Å². The molecule has 24 heavy (non-hydrogen) atoms. The van der Waals surface area contributed by atoms with Crippen LogP contribution in [0.1, 0.15) is 24.0 Å². The predicted molar refractivity (Wildman–Crippen MR) is 97.9 cm³/mol. The van der Waals surface area contributed by atoms with Crippen molar-refractivity contribution < 1.29 is 9.47 Å². The van der Waals surface area contributed by atoms with Crippen molar-refractivity contribution >= 4 is 23.2 Å². The van der Waals surface area contributed by atoms with Gasteiger partial charge >= 0.3 is 0 Å². The van der Waals surface area contributed by atoms with Crippen LogP contribution in [0.2, 0.25) is 10.0 Å². The monoisotopic (exact) mass is 365 g/mol. The van der Waals surface area contributed by atoms with Crippen molar-refractivity contribution in [2.75, 3.05) is 13.2 Å². The lowest BCUT2D eigenvalue weighted by atomic mass is 10.2. The van der Waals surface area contributed by atoms with Crippen molar-refractivity contribution in [1.82, 2.24) is 5.32 Å². The van der Waals surface area contributed by atoms with Gasteiger partial charge in [-0.25, -0.2) is 0 Å². The molecule has 1 saturated heterocycles. The fourth-order valence-corrected chi connectivity index (χ4v) is 3.06. The topological polar surface area (TPSA) is 30.5 Å². The van der Waals surface area contributed by atoms with Gasteiger partial charge in [-0.2, -0.15) is 0 Å². The summed E-state index contributed by atoms with van der Waals surface area (Å²) in [4.78, 5) is 0. The Bertz CT molecular complexity index is 655. The van der Waals surface area contributed by atoms with Crippen molar-refractivity contribution in [3.63, 3.8) is 0 Å². The molecule has 0 radical (unpaired) electrons. The van der Waals surface area contributed by atoms with E-state index in [0.717, 1.165) is 47.9 Å². The summed E-state index contributed by atoms with van der Waals surface area (Å²) in [5, 5.41) is 4.87. The van der Waals surface area contributed by atoms with Crippen molar-refractivity contribution in [2.45, 2.75) is 32.1 Å². The molecule has 0 saturated carbocycles. The summed E-state index contributed by atoms with van der Waals surface area (Å²) in [6.45, 7) is 2.93. The average Bonchev–Trinajstić information content (AvgIpc) is 3.09. The molecule has 5 heteroatoms. The molecule has 3 nitrogen and oxygen atoms in total. The molecule has 0 aromatic heterocycles. The molecule has 1 aliphatic heterocycles. The number of ether oxygens (including phenoxy) is 2. The van der Waals surface area contributed by atoms with E-state index < -0.39 is 0 Å². The largest absolute Gasteiger partial charge is 0.489 e. The highest BCUT2D eigenvalue weighted by Gasteiger charge is 2.15. The van der Waals surface area contributed by atoms with Crippen molar-refractivity contribution in [1.29, 1.82) is 0 Å². The number of halogens is 2. The summed E-state index contributed by atoms with van der Waals surface area (Å²) in [6, 6.07) is 13.4. The first-order valence-electron chi connectivity index (χ1n) is 8.19. The molecule has 1 aliphatic rings. The first-order chi connectivity index (χ1) is 11.7. The molecule has 128 valence electrons. The number of rotatable bonds is 7. The van der Waals surface area contributed by atoms with Crippen LogP contribution in [0.4, 0.5) is 0 Å². The molecule has 0 bridgehead atoms. The quantitative estimate of drug-likeness (QED) is 0.761. The molecule has 2 aromatic rings. The third kappa shape index (κ3) is 5.12. The lowest BCUT2D eigenvalue weighted by Gasteiger charge is -2.15. The predicted octanol–water partition coefficient (Wildman–Crippen LogP) is 4.84. The van der Waals surface area contributed by atoms with Crippen LogP contribution in [0.3, 0.4) is 0 Å². The summed E-state index contributed by atoms with van der Waals surface area (Å²) < 4.78 is 11.6. The van der Waals surface area contributed by atoms with Gasteiger partial charge in [-0.15, -0.1) is 0 Å². The molecule has 0 aliphatic carbocycles. The molecule has 0 spiro atoms. The Hall–Kier alpha value is -1.26. The Kier molecular flexibility index (Phi) is 6.38. The zero-order valence-corrected chi connectivity index (χ0v) is 14.9. The summed E-state index contributed by atoms with van der Waals surface area (Å²) in [6.07, 6.45) is 2.60. The third-order valence-electron chi connectivity index (χ3n) is 4.04. The Labute approximate surface area is 152 Å². The number of nitrogens with one attached hydrogen (secondary N) is 1. The van der Waals surface area contributed by atoms with Gasteiger partial charge < -0.3 is 14.8 Å². The van der Waals surface area contributed by atoms with Crippen LogP contribution < -0.4 is 10.1 Å². The standard InChI is InChI=1S/C19H21Cl2NO2/c20-16-5-3-14(4-6-16)13-24-19-8-7-17(21)10-15(19)11-22-12-18-2-1-9-23-18/h3-8,10,18,22H,1-2,9,11-13H2. The third-order valence-corrected chi connectivity index (χ3v) is 4.53. The molecule has 2 aromatic carbocycles. The van der Waals surface area contributed by atoms with E-state index >= 15 is 0 Å². The van der Waals surface area contributed by atoms with Gasteiger partial charge in [0.05, 0.1) is 6.10 Å². The van der Waals surface area contributed by atoms with E-state index in [1.807, 2.05) is 42.5 Å². The Morgan fingerprint density at radius 3 is 2.62 bits per heavy atom. The van der Waals surface area contributed by atoms with Gasteiger partial charge in [0.15, 0.2) is 0 Å². The van der Waals surface area contributed by atoms with Crippen molar-refractivity contribution in [3.8, 4) is 5.75 Å². The smallest absolute Gasteiger partial charge is 0.124 e. The average molecular weight is 366 g/mol. The van der Waals surface area contributed by atoms with Gasteiger partial charge in [0.2, 0.25) is 0 Å². The fraction of sp³-hybridized carbons (Fsp3) is 0.368. The first-order valence-corrected chi connectivity index (χ1v) is 8.94. The van der Waals surface area contributed by atoms with E-state index in [-0.39, 0.29) is 0 Å². The first kappa shape index (κ1) is 17.6. The van der Waals surface area contributed by atoms with Crippen LogP contribution in [0.15, 0.2) is 42.5 Å². The Balaban J connectivity index is 1.58. The second-order valence-electron chi connectivity index (χ2n) is 5.93. The van der Waals surface area contributed by atoms with Gasteiger partial charge in [-0.1, -0.05) is 35.3 Å². The molecule has 0 amide bonds. The minimum atomic E-state index is 0.322. The SMILES string of the molecule is Clc1ccc(COc2ccc(Cl)cc2CNCC2CCCO2)cc1. The van der Waals surface area contributed by atoms with Gasteiger partial charge in [0, 0.05) is 35.3 Å². The van der Waals surface area contributed by atoms with Gasteiger partial charge in [0.25, 0.3) is 0 Å². The lowest BCUT2D eigenvalue weighted by molar-refractivity contribution is 0.110. The van der Waals surface area contributed by atoms with Crippen LogP contribution >= 0.6 is 23.2 Å². The molecule has 1 unspecified atom stereocenters. The molecule has 1 heterocycles. The van der Waals surface area contributed by atoms with Crippen LogP contribution in [0.5, 0.6) is 5.75 Å². The maximum absolute atomic E-state index is 6.13. The van der Waals surface area contributed by atoms with Crippen LogP contribution in [-0.4, -0.2) is 19.3 Å². The van der Waals surface area contributed by atoms with Gasteiger partial charge in [-0.3, -0.25) is 0 Å². The highest BCUT2D eigenvalue weighted by atomic mass is 35.5.